The minimum absolute atomic E-state index is 0.0139. The van der Waals surface area contributed by atoms with Crippen LogP contribution in [-0.4, -0.2) is 46.4 Å². The summed E-state index contributed by atoms with van der Waals surface area (Å²) in [5, 5.41) is 19.1. The number of esters is 2. The van der Waals surface area contributed by atoms with E-state index in [0.717, 1.165) is 12.0 Å². The van der Waals surface area contributed by atoms with Gasteiger partial charge in [-0.2, -0.15) is 0 Å². The number of ether oxygens (including phenoxy) is 2. The molecule has 2 N–H and O–H groups in total. The maximum absolute atomic E-state index is 12.9. The molecule has 0 saturated carbocycles. The van der Waals surface area contributed by atoms with Crippen LogP contribution in [0.25, 0.3) is 0 Å². The third kappa shape index (κ3) is 5.80. The molecule has 2 aliphatic carbocycles. The zero-order valence-corrected chi connectivity index (χ0v) is 19.5. The van der Waals surface area contributed by atoms with Crippen LogP contribution in [0.3, 0.4) is 0 Å². The summed E-state index contributed by atoms with van der Waals surface area (Å²) in [6, 6.07) is 0. The van der Waals surface area contributed by atoms with Crippen LogP contribution in [0.5, 0.6) is 0 Å². The molecule has 0 aromatic heterocycles. The highest BCUT2D eigenvalue weighted by molar-refractivity contribution is 5.82. The van der Waals surface area contributed by atoms with Crippen LogP contribution in [0.15, 0.2) is 23.8 Å². The number of fused-ring (bicyclic) bond motifs is 1. The lowest BCUT2D eigenvalue weighted by Gasteiger charge is -2.44. The molecule has 1 fully saturated rings. The Labute approximate surface area is 189 Å². The van der Waals surface area contributed by atoms with Crippen molar-refractivity contribution in [3.05, 3.63) is 23.8 Å². The monoisotopic (exact) mass is 448 g/mol. The fourth-order valence-electron chi connectivity index (χ4n) is 5.39. The summed E-state index contributed by atoms with van der Waals surface area (Å²) in [5.74, 6) is -1.16. The Morgan fingerprint density at radius 3 is 2.59 bits per heavy atom. The Hall–Kier alpha value is -2.15. The highest BCUT2D eigenvalue weighted by Gasteiger charge is 2.44. The Bertz CT molecular complexity index is 796. The number of aliphatic hydroxyl groups is 1. The second-order valence-electron chi connectivity index (χ2n) is 10.5. The summed E-state index contributed by atoms with van der Waals surface area (Å²) in [4.78, 5) is 35.8. The van der Waals surface area contributed by atoms with Gasteiger partial charge < -0.3 is 19.7 Å². The summed E-state index contributed by atoms with van der Waals surface area (Å²) in [5.41, 5.74) is 0.0513. The van der Waals surface area contributed by atoms with Crippen molar-refractivity contribution in [3.63, 3.8) is 0 Å². The number of hydrogen-bond donors (Lipinski definition) is 2. The van der Waals surface area contributed by atoms with Gasteiger partial charge in [0.05, 0.1) is 24.4 Å². The van der Waals surface area contributed by atoms with Crippen LogP contribution in [0.4, 0.5) is 0 Å². The first kappa shape index (κ1) is 24.5. The van der Waals surface area contributed by atoms with Crippen molar-refractivity contribution in [3.8, 4) is 0 Å². The van der Waals surface area contributed by atoms with E-state index in [1.807, 2.05) is 0 Å². The average Bonchev–Trinajstić information content (AvgIpc) is 2.65. The number of rotatable bonds is 7. The third-order valence-corrected chi connectivity index (χ3v) is 7.06. The number of cyclic esters (lactones) is 1. The van der Waals surface area contributed by atoms with E-state index in [0.29, 0.717) is 19.3 Å². The lowest BCUT2D eigenvalue weighted by Crippen LogP contribution is -2.43. The van der Waals surface area contributed by atoms with Gasteiger partial charge in [-0.05, 0) is 56.4 Å². The number of aliphatic carboxylic acids is 1. The number of aliphatic hydroxyl groups excluding tert-OH is 1. The molecule has 32 heavy (non-hydrogen) atoms. The number of carbonyl (C=O) groups is 3. The minimum atomic E-state index is -1.10. The van der Waals surface area contributed by atoms with Crippen molar-refractivity contribution in [2.75, 3.05) is 0 Å². The molecule has 7 heteroatoms. The molecule has 0 amide bonds. The van der Waals surface area contributed by atoms with E-state index in [4.69, 9.17) is 14.6 Å². The summed E-state index contributed by atoms with van der Waals surface area (Å²) >= 11 is 0. The maximum Gasteiger partial charge on any atom is 0.312 e. The molecule has 0 radical (unpaired) electrons. The van der Waals surface area contributed by atoms with E-state index in [2.05, 4.69) is 32.1 Å². The van der Waals surface area contributed by atoms with Gasteiger partial charge in [0, 0.05) is 12.3 Å². The molecule has 0 spiro atoms. The maximum atomic E-state index is 12.9. The van der Waals surface area contributed by atoms with Gasteiger partial charge in [0.2, 0.25) is 0 Å². The highest BCUT2D eigenvalue weighted by atomic mass is 16.6. The number of allylic oxidation sites excluding steroid dienone is 3. The number of hydrogen-bond acceptors (Lipinski definition) is 6. The molecule has 1 heterocycles. The van der Waals surface area contributed by atoms with E-state index in [1.54, 1.807) is 13.8 Å². The minimum Gasteiger partial charge on any atom is -0.481 e. The van der Waals surface area contributed by atoms with Crippen molar-refractivity contribution in [2.24, 2.45) is 29.1 Å². The Balaban J connectivity index is 1.76. The molecule has 3 aliphatic rings. The van der Waals surface area contributed by atoms with Gasteiger partial charge in [-0.3, -0.25) is 14.4 Å². The fourth-order valence-corrected chi connectivity index (χ4v) is 5.39. The number of carboxylic acid groups (broad SMARTS) is 1. The SMILES string of the molecule is C[C@@H]1C=C2C=C[C@@H](C)[C@@H](CC[C@@H]3C[C@H](O)CC(=O)O3)[C@@H]2[C@H](OC(=O)C(C)(C)CC(=O)O)C1. The van der Waals surface area contributed by atoms with Gasteiger partial charge in [-0.15, -0.1) is 0 Å². The molecule has 3 rings (SSSR count). The van der Waals surface area contributed by atoms with Crippen LogP contribution in [0, 0.1) is 29.1 Å². The van der Waals surface area contributed by atoms with E-state index in [-0.39, 0.29) is 54.7 Å². The van der Waals surface area contributed by atoms with Gasteiger partial charge in [0.15, 0.2) is 0 Å². The van der Waals surface area contributed by atoms with E-state index >= 15 is 0 Å². The molecule has 1 aliphatic heterocycles. The van der Waals surface area contributed by atoms with Crippen molar-refractivity contribution in [1.29, 1.82) is 0 Å². The lowest BCUT2D eigenvalue weighted by molar-refractivity contribution is -0.168. The smallest absolute Gasteiger partial charge is 0.312 e. The first-order valence-electron chi connectivity index (χ1n) is 11.7. The van der Waals surface area contributed by atoms with E-state index < -0.39 is 23.5 Å². The topological polar surface area (TPSA) is 110 Å². The van der Waals surface area contributed by atoms with Crippen LogP contribution in [-0.2, 0) is 23.9 Å². The molecule has 0 aromatic carbocycles. The zero-order valence-electron chi connectivity index (χ0n) is 19.5. The summed E-state index contributed by atoms with van der Waals surface area (Å²) in [7, 11) is 0. The third-order valence-electron chi connectivity index (χ3n) is 7.06. The average molecular weight is 449 g/mol. The molecule has 0 aromatic rings. The van der Waals surface area contributed by atoms with Gasteiger partial charge in [0.1, 0.15) is 12.2 Å². The van der Waals surface area contributed by atoms with Crippen LogP contribution >= 0.6 is 0 Å². The van der Waals surface area contributed by atoms with Gasteiger partial charge >= 0.3 is 17.9 Å². The van der Waals surface area contributed by atoms with E-state index in [1.165, 1.54) is 0 Å². The van der Waals surface area contributed by atoms with Crippen LogP contribution < -0.4 is 0 Å². The first-order valence-corrected chi connectivity index (χ1v) is 11.7. The highest BCUT2D eigenvalue weighted by Crippen LogP contribution is 2.45. The molecule has 7 atom stereocenters. The molecule has 178 valence electrons. The second kappa shape index (κ2) is 9.77. The number of carbonyl (C=O) groups excluding carboxylic acids is 2. The fraction of sp³-hybridized carbons (Fsp3) is 0.720. The van der Waals surface area contributed by atoms with Crippen LogP contribution in [0.2, 0.25) is 0 Å². The summed E-state index contributed by atoms with van der Waals surface area (Å²) in [6.45, 7) is 7.45. The molecular weight excluding hydrogens is 412 g/mol. The number of carboxylic acids is 1. The Morgan fingerprint density at radius 1 is 1.22 bits per heavy atom. The second-order valence-corrected chi connectivity index (χ2v) is 10.5. The predicted molar refractivity (Wildman–Crippen MR) is 117 cm³/mol. The zero-order chi connectivity index (χ0) is 23.6. The predicted octanol–water partition coefficient (Wildman–Crippen LogP) is 3.65. The largest absolute Gasteiger partial charge is 0.481 e. The molecular formula is C25H36O7. The molecule has 0 bridgehead atoms. The van der Waals surface area contributed by atoms with Crippen molar-refractivity contribution in [1.82, 2.24) is 0 Å². The van der Waals surface area contributed by atoms with Crippen molar-refractivity contribution in [2.45, 2.75) is 84.5 Å². The molecule has 1 saturated heterocycles. The Kier molecular flexibility index (Phi) is 7.48. The molecule has 0 unspecified atom stereocenters. The quantitative estimate of drug-likeness (QED) is 0.572. The first-order chi connectivity index (χ1) is 15.0. The lowest BCUT2D eigenvalue weighted by atomic mass is 9.65. The van der Waals surface area contributed by atoms with Crippen molar-refractivity contribution >= 4 is 17.9 Å². The van der Waals surface area contributed by atoms with Crippen LogP contribution in [0.1, 0.15) is 66.2 Å². The van der Waals surface area contributed by atoms with E-state index in [9.17, 15) is 19.5 Å². The van der Waals surface area contributed by atoms with Gasteiger partial charge in [0.25, 0.3) is 0 Å². The standard InChI is InChI=1S/C25H36O7/c1-14-9-16-6-5-15(2)19(8-7-18-11-17(26)12-22(29)31-18)23(16)20(10-14)32-24(30)25(3,4)13-21(27)28/h5-6,9,14-15,17-20,23,26H,7-8,10-13H2,1-4H3,(H,27,28)/t14-,15-,17+,18-,19-,20-,23-/m1/s1. The van der Waals surface area contributed by atoms with Crippen molar-refractivity contribution < 1.29 is 34.1 Å². The van der Waals surface area contributed by atoms with Gasteiger partial charge in [-0.25, -0.2) is 0 Å². The molecule has 7 nitrogen and oxygen atoms in total. The normalized spacial score (nSPS) is 34.8. The Morgan fingerprint density at radius 2 is 1.94 bits per heavy atom. The summed E-state index contributed by atoms with van der Waals surface area (Å²) in [6.07, 6.45) is 7.60. The van der Waals surface area contributed by atoms with Gasteiger partial charge in [-0.1, -0.05) is 32.1 Å². The summed E-state index contributed by atoms with van der Waals surface area (Å²) < 4.78 is 11.4.